The van der Waals surface area contributed by atoms with E-state index in [1.807, 2.05) is 0 Å². The van der Waals surface area contributed by atoms with Crippen molar-refractivity contribution in [3.05, 3.63) is 89.0 Å². The maximum atomic E-state index is 14.1. The number of carbonyl (C=O) groups excluding carboxylic acids is 2. The Bertz CT molecular complexity index is 1250. The van der Waals surface area contributed by atoms with E-state index in [-0.39, 0.29) is 17.5 Å². The number of nitrogens with zero attached hydrogens (tertiary/aromatic N) is 1. The van der Waals surface area contributed by atoms with Gasteiger partial charge in [-0.1, -0.05) is 12.1 Å². The fraction of sp³-hybridized carbons (Fsp3) is 0.240. The van der Waals surface area contributed by atoms with Crippen molar-refractivity contribution < 1.29 is 27.9 Å². The van der Waals surface area contributed by atoms with Crippen molar-refractivity contribution in [1.82, 2.24) is 15.6 Å². The topological polar surface area (TPSA) is 117 Å². The maximum absolute atomic E-state index is 14.1. The number of aliphatic hydroxyl groups excluding tert-OH is 1. The molecule has 2 heterocycles. The molecule has 3 atom stereocenters. The number of rotatable bonds is 7. The van der Waals surface area contributed by atoms with E-state index in [9.17, 15) is 27.9 Å². The minimum atomic E-state index is -0.944. The zero-order valence-electron chi connectivity index (χ0n) is 18.5. The predicted octanol–water partition coefficient (Wildman–Crippen LogP) is 2.74. The van der Waals surface area contributed by atoms with E-state index in [0.717, 1.165) is 24.3 Å². The molecule has 1 fully saturated rings. The average Bonchev–Trinajstić information content (AvgIpc) is 3.24. The standard InChI is InChI=1S/C25H23F3N4O3/c26-15-8-13(9-16(27)12-15)10-21(32-25(35)20-5-6-22(33)31-20)23-17(2-1-7-30-23)14-3-4-19(28)18(11-14)24(29)34/h1-4,7-9,11-12,20-22,31,33H,5-6,10H2,(H2,29,34)(H,32,35)/t20-,21+,22?/m1/s1. The minimum absolute atomic E-state index is 0.0103. The number of aromatic nitrogens is 1. The summed E-state index contributed by atoms with van der Waals surface area (Å²) in [6.45, 7) is 0. The molecule has 0 radical (unpaired) electrons. The summed E-state index contributed by atoms with van der Waals surface area (Å²) in [6.07, 6.45) is 1.48. The third-order valence-electron chi connectivity index (χ3n) is 5.83. The highest BCUT2D eigenvalue weighted by molar-refractivity contribution is 5.94. The van der Waals surface area contributed by atoms with Crippen molar-refractivity contribution in [2.24, 2.45) is 5.73 Å². The van der Waals surface area contributed by atoms with E-state index in [0.29, 0.717) is 29.7 Å². The first-order valence-corrected chi connectivity index (χ1v) is 11.0. The van der Waals surface area contributed by atoms with Crippen molar-refractivity contribution in [2.75, 3.05) is 0 Å². The summed E-state index contributed by atoms with van der Waals surface area (Å²) in [6, 6.07) is 8.69. The molecule has 35 heavy (non-hydrogen) atoms. The first kappa shape index (κ1) is 24.4. The Hall–Kier alpha value is -3.76. The molecule has 1 aliphatic rings. The molecule has 0 bridgehead atoms. The number of hydrogen-bond donors (Lipinski definition) is 4. The molecule has 182 valence electrons. The summed E-state index contributed by atoms with van der Waals surface area (Å²) in [4.78, 5) is 29.0. The van der Waals surface area contributed by atoms with E-state index < -0.39 is 47.6 Å². The summed E-state index contributed by atoms with van der Waals surface area (Å²) in [5, 5.41) is 15.4. The molecule has 1 unspecified atom stereocenters. The molecular formula is C25H23F3N4O3. The number of nitrogens with two attached hydrogens (primary N) is 1. The Labute approximate surface area is 199 Å². The normalized spacial score (nSPS) is 18.3. The summed E-state index contributed by atoms with van der Waals surface area (Å²) in [5.74, 6) is -3.68. The number of aliphatic hydroxyl groups is 1. The number of hydrogen-bond acceptors (Lipinski definition) is 5. The van der Waals surface area contributed by atoms with Gasteiger partial charge in [-0.15, -0.1) is 0 Å². The van der Waals surface area contributed by atoms with E-state index in [1.54, 1.807) is 12.1 Å². The molecule has 0 aliphatic carbocycles. The van der Waals surface area contributed by atoms with Gasteiger partial charge in [0.25, 0.3) is 5.91 Å². The molecule has 1 aliphatic heterocycles. The lowest BCUT2D eigenvalue weighted by atomic mass is 9.94. The largest absolute Gasteiger partial charge is 0.379 e. The number of halogens is 3. The monoisotopic (exact) mass is 484 g/mol. The molecule has 2 amide bonds. The molecule has 1 saturated heterocycles. The molecule has 2 aromatic carbocycles. The quantitative estimate of drug-likeness (QED) is 0.412. The van der Waals surface area contributed by atoms with Crippen molar-refractivity contribution in [3.8, 4) is 11.1 Å². The number of pyridine rings is 1. The van der Waals surface area contributed by atoms with Crippen molar-refractivity contribution in [3.63, 3.8) is 0 Å². The highest BCUT2D eigenvalue weighted by atomic mass is 19.1. The second-order valence-electron chi connectivity index (χ2n) is 8.35. The van der Waals surface area contributed by atoms with Gasteiger partial charge in [0.1, 0.15) is 23.7 Å². The predicted molar refractivity (Wildman–Crippen MR) is 121 cm³/mol. The van der Waals surface area contributed by atoms with E-state index in [1.165, 1.54) is 18.3 Å². The Morgan fingerprint density at radius 3 is 2.51 bits per heavy atom. The SMILES string of the molecule is NC(=O)c1cc(-c2cccnc2[C@H](Cc2cc(F)cc(F)c2)NC(=O)[C@H]2CCC(O)N2)ccc1F. The molecule has 3 aromatic rings. The first-order valence-electron chi connectivity index (χ1n) is 11.0. The van der Waals surface area contributed by atoms with Crippen LogP contribution in [0.25, 0.3) is 11.1 Å². The summed E-state index contributed by atoms with van der Waals surface area (Å²) < 4.78 is 41.8. The van der Waals surface area contributed by atoms with Gasteiger partial charge in [0, 0.05) is 17.8 Å². The number of benzene rings is 2. The lowest BCUT2D eigenvalue weighted by Gasteiger charge is -2.23. The van der Waals surface area contributed by atoms with Crippen LogP contribution in [0.1, 0.15) is 40.5 Å². The fourth-order valence-electron chi connectivity index (χ4n) is 4.20. The van der Waals surface area contributed by atoms with E-state index in [4.69, 9.17) is 5.73 Å². The Morgan fingerprint density at radius 1 is 1.11 bits per heavy atom. The highest BCUT2D eigenvalue weighted by Crippen LogP contribution is 2.30. The summed E-state index contributed by atoms with van der Waals surface area (Å²) in [5.41, 5.74) is 6.48. The van der Waals surface area contributed by atoms with Gasteiger partial charge < -0.3 is 16.2 Å². The van der Waals surface area contributed by atoms with Gasteiger partial charge >= 0.3 is 0 Å². The second-order valence-corrected chi connectivity index (χ2v) is 8.35. The zero-order valence-corrected chi connectivity index (χ0v) is 18.5. The highest BCUT2D eigenvalue weighted by Gasteiger charge is 2.30. The molecule has 10 heteroatoms. The van der Waals surface area contributed by atoms with Crippen LogP contribution in [-0.4, -0.2) is 34.2 Å². The van der Waals surface area contributed by atoms with Crippen LogP contribution in [0.2, 0.25) is 0 Å². The third kappa shape index (κ3) is 5.67. The Kier molecular flexibility index (Phi) is 7.13. The third-order valence-corrected chi connectivity index (χ3v) is 5.83. The van der Waals surface area contributed by atoms with Gasteiger partial charge in [0.15, 0.2) is 0 Å². The van der Waals surface area contributed by atoms with Gasteiger partial charge in [-0.3, -0.25) is 19.9 Å². The van der Waals surface area contributed by atoms with E-state index >= 15 is 0 Å². The molecule has 0 saturated carbocycles. The zero-order chi connectivity index (χ0) is 25.1. The van der Waals surface area contributed by atoms with Gasteiger partial charge in [-0.2, -0.15) is 0 Å². The lowest BCUT2D eigenvalue weighted by Crippen LogP contribution is -2.44. The molecule has 7 nitrogen and oxygen atoms in total. The van der Waals surface area contributed by atoms with Crippen LogP contribution < -0.4 is 16.4 Å². The van der Waals surface area contributed by atoms with Gasteiger partial charge in [-0.05, 0) is 60.7 Å². The lowest BCUT2D eigenvalue weighted by molar-refractivity contribution is -0.123. The Morgan fingerprint density at radius 2 is 1.86 bits per heavy atom. The van der Waals surface area contributed by atoms with Crippen LogP contribution in [0.5, 0.6) is 0 Å². The maximum Gasteiger partial charge on any atom is 0.251 e. The van der Waals surface area contributed by atoms with Crippen molar-refractivity contribution in [1.29, 1.82) is 0 Å². The van der Waals surface area contributed by atoms with Crippen LogP contribution in [0.4, 0.5) is 13.2 Å². The molecule has 4 rings (SSSR count). The smallest absolute Gasteiger partial charge is 0.251 e. The van der Waals surface area contributed by atoms with Crippen LogP contribution >= 0.6 is 0 Å². The van der Waals surface area contributed by atoms with Crippen LogP contribution in [0.15, 0.2) is 54.7 Å². The number of amides is 2. The van der Waals surface area contributed by atoms with Crippen LogP contribution in [0, 0.1) is 17.5 Å². The first-order chi connectivity index (χ1) is 16.7. The molecule has 1 aromatic heterocycles. The fourth-order valence-corrected chi connectivity index (χ4v) is 4.20. The minimum Gasteiger partial charge on any atom is -0.379 e. The van der Waals surface area contributed by atoms with Gasteiger partial charge in [0.2, 0.25) is 5.91 Å². The molecular weight excluding hydrogens is 461 g/mol. The second kappa shape index (κ2) is 10.2. The summed E-state index contributed by atoms with van der Waals surface area (Å²) >= 11 is 0. The van der Waals surface area contributed by atoms with Crippen LogP contribution in [0.3, 0.4) is 0 Å². The molecule has 0 spiro atoms. The van der Waals surface area contributed by atoms with Crippen LogP contribution in [-0.2, 0) is 11.2 Å². The Balaban J connectivity index is 1.75. The number of primary amides is 1. The van der Waals surface area contributed by atoms with Gasteiger partial charge in [0.05, 0.1) is 23.3 Å². The van der Waals surface area contributed by atoms with E-state index in [2.05, 4.69) is 15.6 Å². The van der Waals surface area contributed by atoms with Gasteiger partial charge in [-0.25, -0.2) is 13.2 Å². The van der Waals surface area contributed by atoms with Crippen molar-refractivity contribution >= 4 is 11.8 Å². The summed E-state index contributed by atoms with van der Waals surface area (Å²) in [7, 11) is 0. The van der Waals surface area contributed by atoms with Crippen molar-refractivity contribution in [2.45, 2.75) is 37.6 Å². The molecule has 5 N–H and O–H groups in total. The average molecular weight is 484 g/mol. The number of nitrogens with one attached hydrogen (secondary N) is 2. The number of carbonyl (C=O) groups is 2.